The van der Waals surface area contributed by atoms with Crippen LogP contribution in [0.25, 0.3) is 21.3 Å². The van der Waals surface area contributed by atoms with Crippen LogP contribution in [0.15, 0.2) is 30.3 Å². The minimum absolute atomic E-state index is 0.221. The molecule has 1 aliphatic rings. The number of nitrogens with zero attached hydrogens (tertiary/aromatic N) is 4. The SMILES string of the molecule is Cc1nc(N2CCN(CCO)CC2)c2c(-c3ccccc3)c(C)sc2n1. The van der Waals surface area contributed by atoms with Crippen molar-refractivity contribution in [2.24, 2.45) is 0 Å². The predicted octanol–water partition coefficient (Wildman–Crippen LogP) is 3.09. The molecule has 4 rings (SSSR count). The summed E-state index contributed by atoms with van der Waals surface area (Å²) in [6.07, 6.45) is 0. The third-order valence-corrected chi connectivity index (χ3v) is 5.97. The van der Waals surface area contributed by atoms with Crippen molar-refractivity contribution in [1.29, 1.82) is 0 Å². The highest BCUT2D eigenvalue weighted by molar-refractivity contribution is 7.19. The second-order valence-electron chi connectivity index (χ2n) is 6.73. The average molecular weight is 369 g/mol. The van der Waals surface area contributed by atoms with Crippen LogP contribution in [-0.4, -0.2) is 59.3 Å². The minimum atomic E-state index is 0.221. The predicted molar refractivity (Wildman–Crippen MR) is 108 cm³/mol. The minimum Gasteiger partial charge on any atom is -0.395 e. The number of fused-ring (bicyclic) bond motifs is 1. The van der Waals surface area contributed by atoms with Crippen molar-refractivity contribution < 1.29 is 5.11 Å². The molecule has 6 heteroatoms. The molecule has 2 aromatic heterocycles. The summed E-state index contributed by atoms with van der Waals surface area (Å²) < 4.78 is 0. The van der Waals surface area contributed by atoms with Gasteiger partial charge in [0.05, 0.1) is 12.0 Å². The fourth-order valence-electron chi connectivity index (χ4n) is 3.70. The normalized spacial score (nSPS) is 15.7. The smallest absolute Gasteiger partial charge is 0.141 e. The van der Waals surface area contributed by atoms with Crippen LogP contribution in [0.4, 0.5) is 5.82 Å². The molecule has 136 valence electrons. The van der Waals surface area contributed by atoms with E-state index in [1.807, 2.05) is 6.92 Å². The van der Waals surface area contributed by atoms with E-state index >= 15 is 0 Å². The number of aliphatic hydroxyl groups excluding tert-OH is 1. The molecule has 1 aromatic carbocycles. The molecular weight excluding hydrogens is 344 g/mol. The van der Waals surface area contributed by atoms with E-state index in [0.717, 1.165) is 49.2 Å². The largest absolute Gasteiger partial charge is 0.395 e. The van der Waals surface area contributed by atoms with E-state index < -0.39 is 0 Å². The Labute approximate surface area is 157 Å². The molecule has 0 spiro atoms. The molecule has 0 unspecified atom stereocenters. The summed E-state index contributed by atoms with van der Waals surface area (Å²) in [7, 11) is 0. The maximum Gasteiger partial charge on any atom is 0.141 e. The Kier molecular flexibility index (Phi) is 4.89. The van der Waals surface area contributed by atoms with Gasteiger partial charge in [-0.25, -0.2) is 9.97 Å². The van der Waals surface area contributed by atoms with Crippen LogP contribution < -0.4 is 4.90 Å². The summed E-state index contributed by atoms with van der Waals surface area (Å²) >= 11 is 1.75. The number of anilines is 1. The van der Waals surface area contributed by atoms with Gasteiger partial charge in [0.2, 0.25) is 0 Å². The fraction of sp³-hybridized carbons (Fsp3) is 0.400. The van der Waals surface area contributed by atoms with E-state index in [1.54, 1.807) is 11.3 Å². The van der Waals surface area contributed by atoms with Gasteiger partial charge in [-0.1, -0.05) is 30.3 Å². The number of rotatable bonds is 4. The van der Waals surface area contributed by atoms with Crippen molar-refractivity contribution >= 4 is 27.4 Å². The standard InChI is InChI=1S/C20H24N4OS/c1-14-17(16-6-4-3-5-7-16)18-19(21-15(2)22-20(18)26-14)24-10-8-23(9-11-24)12-13-25/h3-7,25H,8-13H2,1-2H3. The van der Waals surface area contributed by atoms with Gasteiger partial charge in [-0.2, -0.15) is 0 Å². The van der Waals surface area contributed by atoms with Crippen LogP contribution >= 0.6 is 11.3 Å². The van der Waals surface area contributed by atoms with Gasteiger partial charge in [-0.15, -0.1) is 11.3 Å². The van der Waals surface area contributed by atoms with Crippen LogP contribution in [0.1, 0.15) is 10.7 Å². The molecule has 3 heterocycles. The lowest BCUT2D eigenvalue weighted by Crippen LogP contribution is -2.47. The zero-order chi connectivity index (χ0) is 18.1. The molecule has 1 fully saturated rings. The molecule has 3 aromatic rings. The maximum atomic E-state index is 9.17. The fourth-order valence-corrected chi connectivity index (χ4v) is 4.79. The Bertz CT molecular complexity index is 901. The zero-order valence-corrected chi connectivity index (χ0v) is 16.1. The Balaban J connectivity index is 1.80. The van der Waals surface area contributed by atoms with Crippen LogP contribution in [-0.2, 0) is 0 Å². The number of thiophene rings is 1. The van der Waals surface area contributed by atoms with E-state index in [-0.39, 0.29) is 6.61 Å². The summed E-state index contributed by atoms with van der Waals surface area (Å²) in [5.41, 5.74) is 2.49. The van der Waals surface area contributed by atoms with Gasteiger partial charge in [-0.3, -0.25) is 4.90 Å². The van der Waals surface area contributed by atoms with Gasteiger partial charge >= 0.3 is 0 Å². The van der Waals surface area contributed by atoms with Crippen molar-refractivity contribution in [1.82, 2.24) is 14.9 Å². The molecule has 0 aliphatic carbocycles. The first kappa shape index (κ1) is 17.4. The number of aryl methyl sites for hydroxylation is 2. The van der Waals surface area contributed by atoms with Gasteiger partial charge in [0, 0.05) is 43.2 Å². The first-order valence-electron chi connectivity index (χ1n) is 9.08. The molecular formula is C20H24N4OS. The lowest BCUT2D eigenvalue weighted by Gasteiger charge is -2.35. The van der Waals surface area contributed by atoms with Crippen LogP contribution in [0.5, 0.6) is 0 Å². The summed E-state index contributed by atoms with van der Waals surface area (Å²) in [5, 5.41) is 10.4. The maximum absolute atomic E-state index is 9.17. The molecule has 1 aliphatic heterocycles. The number of β-amino-alcohol motifs (C(OH)–C–C–N with tert-alkyl or cyclic N) is 1. The van der Waals surface area contributed by atoms with Crippen LogP contribution in [0, 0.1) is 13.8 Å². The first-order chi connectivity index (χ1) is 12.7. The summed E-state index contributed by atoms with van der Waals surface area (Å²) in [5.74, 6) is 1.88. The highest BCUT2D eigenvalue weighted by atomic mass is 32.1. The van der Waals surface area contributed by atoms with Gasteiger partial charge in [0.15, 0.2) is 0 Å². The van der Waals surface area contributed by atoms with Crippen molar-refractivity contribution in [3.8, 4) is 11.1 Å². The topological polar surface area (TPSA) is 52.5 Å². The molecule has 1 saturated heterocycles. The second kappa shape index (κ2) is 7.31. The average Bonchev–Trinajstić information content (AvgIpc) is 2.98. The van der Waals surface area contributed by atoms with Crippen molar-refractivity contribution in [3.63, 3.8) is 0 Å². The molecule has 0 radical (unpaired) electrons. The third kappa shape index (κ3) is 3.20. The Morgan fingerprint density at radius 3 is 2.46 bits per heavy atom. The summed E-state index contributed by atoms with van der Waals surface area (Å²) in [6, 6.07) is 10.5. The molecule has 0 bridgehead atoms. The molecule has 26 heavy (non-hydrogen) atoms. The second-order valence-corrected chi connectivity index (χ2v) is 7.93. The monoisotopic (exact) mass is 368 g/mol. The van der Waals surface area contributed by atoms with Crippen molar-refractivity contribution in [3.05, 3.63) is 41.0 Å². The van der Waals surface area contributed by atoms with Crippen molar-refractivity contribution in [2.45, 2.75) is 13.8 Å². The highest BCUT2D eigenvalue weighted by Gasteiger charge is 2.24. The number of hydrogen-bond donors (Lipinski definition) is 1. The molecule has 1 N–H and O–H groups in total. The third-order valence-electron chi connectivity index (χ3n) is 4.97. The number of benzene rings is 1. The Morgan fingerprint density at radius 2 is 1.77 bits per heavy atom. The first-order valence-corrected chi connectivity index (χ1v) is 9.90. The lowest BCUT2D eigenvalue weighted by atomic mass is 10.0. The Hall–Kier alpha value is -2.02. The summed E-state index contributed by atoms with van der Waals surface area (Å²) in [4.78, 5) is 16.6. The van der Waals surface area contributed by atoms with Gasteiger partial charge < -0.3 is 10.0 Å². The van der Waals surface area contributed by atoms with Crippen LogP contribution in [0.3, 0.4) is 0 Å². The lowest BCUT2D eigenvalue weighted by molar-refractivity contribution is 0.188. The molecule has 0 amide bonds. The van der Waals surface area contributed by atoms with Crippen LogP contribution in [0.2, 0.25) is 0 Å². The number of hydrogen-bond acceptors (Lipinski definition) is 6. The van der Waals surface area contributed by atoms with E-state index in [2.05, 4.69) is 47.1 Å². The van der Waals surface area contributed by atoms with E-state index in [4.69, 9.17) is 15.1 Å². The van der Waals surface area contributed by atoms with Gasteiger partial charge in [0.1, 0.15) is 16.5 Å². The van der Waals surface area contributed by atoms with E-state index in [0.29, 0.717) is 0 Å². The highest BCUT2D eigenvalue weighted by Crippen LogP contribution is 2.41. The number of aromatic nitrogens is 2. The molecule has 0 saturated carbocycles. The molecule has 5 nitrogen and oxygen atoms in total. The zero-order valence-electron chi connectivity index (χ0n) is 15.3. The van der Waals surface area contributed by atoms with Crippen molar-refractivity contribution in [2.75, 3.05) is 44.2 Å². The summed E-state index contributed by atoms with van der Waals surface area (Å²) in [6.45, 7) is 8.87. The number of aliphatic hydroxyl groups is 1. The quantitative estimate of drug-likeness (QED) is 0.767. The van der Waals surface area contributed by atoms with E-state index in [9.17, 15) is 0 Å². The number of piperazine rings is 1. The van der Waals surface area contributed by atoms with Gasteiger partial charge in [0.25, 0.3) is 0 Å². The van der Waals surface area contributed by atoms with E-state index in [1.165, 1.54) is 21.4 Å². The van der Waals surface area contributed by atoms with Gasteiger partial charge in [-0.05, 0) is 19.4 Å². The Morgan fingerprint density at radius 1 is 1.04 bits per heavy atom. The molecule has 0 atom stereocenters.